The van der Waals surface area contributed by atoms with E-state index in [1.54, 1.807) is 54.6 Å². The van der Waals surface area contributed by atoms with E-state index in [9.17, 15) is 13.2 Å². The number of ether oxygens (including phenoxy) is 2. The van der Waals surface area contributed by atoms with Crippen molar-refractivity contribution in [2.75, 3.05) is 25.6 Å². The fourth-order valence-corrected chi connectivity index (χ4v) is 6.34. The van der Waals surface area contributed by atoms with Gasteiger partial charge in [-0.05, 0) is 66.8 Å². The quantitative estimate of drug-likeness (QED) is 0.356. The minimum absolute atomic E-state index is 0.0123. The Balaban J connectivity index is 1.36. The SMILES string of the molecule is O=C(NC1Cc2ccccc2C1)[C@@]1(CCS(=O)(=O)c2ccccc2)COC(c2ccc(OCCCO)cc2)=N1. The van der Waals surface area contributed by atoms with E-state index in [0.29, 0.717) is 30.2 Å². The van der Waals surface area contributed by atoms with Crippen molar-refractivity contribution in [2.45, 2.75) is 42.2 Å². The number of sulfone groups is 1. The van der Waals surface area contributed by atoms with E-state index >= 15 is 0 Å². The van der Waals surface area contributed by atoms with Crippen LogP contribution >= 0.6 is 0 Å². The van der Waals surface area contributed by atoms with Crippen LogP contribution in [0.15, 0.2) is 88.8 Å². The van der Waals surface area contributed by atoms with Gasteiger partial charge in [-0.25, -0.2) is 13.4 Å². The van der Waals surface area contributed by atoms with Crippen molar-refractivity contribution >= 4 is 21.6 Å². The van der Waals surface area contributed by atoms with E-state index in [1.807, 2.05) is 12.1 Å². The highest BCUT2D eigenvalue weighted by Crippen LogP contribution is 2.30. The Morgan fingerprint density at radius 3 is 2.33 bits per heavy atom. The molecule has 39 heavy (non-hydrogen) atoms. The summed E-state index contributed by atoms with van der Waals surface area (Å²) in [7, 11) is -3.63. The molecule has 0 saturated carbocycles. The minimum Gasteiger partial charge on any atom is -0.494 e. The summed E-state index contributed by atoms with van der Waals surface area (Å²) in [6.45, 7) is 0.407. The highest BCUT2D eigenvalue weighted by Gasteiger charge is 2.46. The first-order valence-electron chi connectivity index (χ1n) is 13.1. The number of aliphatic hydroxyl groups excluding tert-OH is 1. The topological polar surface area (TPSA) is 114 Å². The molecule has 8 nitrogen and oxygen atoms in total. The monoisotopic (exact) mass is 548 g/mol. The molecule has 0 saturated heterocycles. The number of rotatable bonds is 11. The van der Waals surface area contributed by atoms with Gasteiger partial charge in [0.05, 0.1) is 17.3 Å². The molecule has 0 fully saturated rings. The number of hydrogen-bond donors (Lipinski definition) is 2. The lowest BCUT2D eigenvalue weighted by molar-refractivity contribution is -0.127. The summed E-state index contributed by atoms with van der Waals surface area (Å²) in [5.41, 5.74) is 1.70. The summed E-state index contributed by atoms with van der Waals surface area (Å²) in [6.07, 6.45) is 1.96. The molecule has 1 heterocycles. The van der Waals surface area contributed by atoms with Crippen molar-refractivity contribution in [3.63, 3.8) is 0 Å². The molecule has 0 radical (unpaired) electrons. The zero-order valence-corrected chi connectivity index (χ0v) is 22.4. The molecule has 5 rings (SSSR count). The molecule has 1 amide bonds. The van der Waals surface area contributed by atoms with Crippen LogP contribution in [-0.2, 0) is 32.2 Å². The lowest BCUT2D eigenvalue weighted by atomic mass is 9.96. The first kappa shape index (κ1) is 26.9. The van der Waals surface area contributed by atoms with E-state index in [1.165, 1.54) is 11.1 Å². The van der Waals surface area contributed by atoms with Crippen molar-refractivity contribution in [1.29, 1.82) is 0 Å². The van der Waals surface area contributed by atoms with Gasteiger partial charge in [-0.15, -0.1) is 0 Å². The largest absolute Gasteiger partial charge is 0.494 e. The molecular weight excluding hydrogens is 516 g/mol. The van der Waals surface area contributed by atoms with Gasteiger partial charge in [-0.2, -0.15) is 0 Å². The number of nitrogens with one attached hydrogen (secondary N) is 1. The van der Waals surface area contributed by atoms with Crippen LogP contribution in [0, 0.1) is 0 Å². The van der Waals surface area contributed by atoms with Crippen LogP contribution in [-0.4, -0.2) is 62.5 Å². The Morgan fingerprint density at radius 1 is 1.00 bits per heavy atom. The van der Waals surface area contributed by atoms with Crippen LogP contribution in [0.25, 0.3) is 0 Å². The van der Waals surface area contributed by atoms with Crippen LogP contribution in [0.2, 0.25) is 0 Å². The smallest absolute Gasteiger partial charge is 0.251 e. The normalized spacial score (nSPS) is 18.7. The van der Waals surface area contributed by atoms with Crippen LogP contribution < -0.4 is 10.1 Å². The van der Waals surface area contributed by atoms with Gasteiger partial charge < -0.3 is 19.9 Å². The van der Waals surface area contributed by atoms with Gasteiger partial charge in [0.2, 0.25) is 5.90 Å². The molecule has 3 aromatic carbocycles. The van der Waals surface area contributed by atoms with Gasteiger partial charge in [0.15, 0.2) is 15.4 Å². The Hall–Kier alpha value is -3.69. The molecule has 204 valence electrons. The number of aliphatic hydroxyl groups is 1. The number of amides is 1. The maximum Gasteiger partial charge on any atom is 0.251 e. The molecule has 0 unspecified atom stereocenters. The van der Waals surface area contributed by atoms with Crippen molar-refractivity contribution in [1.82, 2.24) is 5.32 Å². The van der Waals surface area contributed by atoms with Gasteiger partial charge in [0.1, 0.15) is 12.4 Å². The molecule has 2 N–H and O–H groups in total. The average molecular weight is 549 g/mol. The number of nitrogens with zero attached hydrogens (tertiary/aromatic N) is 1. The Morgan fingerprint density at radius 2 is 1.67 bits per heavy atom. The standard InChI is InChI=1S/C30H32N2O6S/c33-16-6-17-37-26-13-11-22(12-14-26)28-32-30(21-38-28,15-18-39(35,36)27-9-2-1-3-10-27)29(34)31-25-19-23-7-4-5-8-24(23)20-25/h1-5,7-14,25,33H,6,15-21H2,(H,31,34)/t30-/m1/s1. The Kier molecular flexibility index (Phi) is 7.99. The van der Waals surface area contributed by atoms with Crippen molar-refractivity contribution in [3.8, 4) is 5.75 Å². The molecule has 2 aliphatic rings. The van der Waals surface area contributed by atoms with Crippen molar-refractivity contribution in [2.24, 2.45) is 4.99 Å². The maximum atomic E-state index is 13.8. The summed E-state index contributed by atoms with van der Waals surface area (Å²) in [5.74, 6) is 0.360. The molecule has 0 bridgehead atoms. The van der Waals surface area contributed by atoms with E-state index in [2.05, 4.69) is 17.4 Å². The first-order chi connectivity index (χ1) is 18.9. The Bertz CT molecular complexity index is 1410. The summed E-state index contributed by atoms with van der Waals surface area (Å²) < 4.78 is 37.7. The summed E-state index contributed by atoms with van der Waals surface area (Å²) in [5, 5.41) is 12.1. The van der Waals surface area contributed by atoms with Crippen LogP contribution in [0.1, 0.15) is 29.5 Å². The highest BCUT2D eigenvalue weighted by molar-refractivity contribution is 7.91. The zero-order valence-electron chi connectivity index (χ0n) is 21.6. The number of aliphatic imine (C=N–C) groups is 1. The summed E-state index contributed by atoms with van der Waals surface area (Å²) >= 11 is 0. The maximum absolute atomic E-state index is 13.8. The van der Waals surface area contributed by atoms with E-state index in [0.717, 1.165) is 12.8 Å². The molecule has 1 aliphatic heterocycles. The molecular formula is C30H32N2O6S. The molecule has 1 aliphatic carbocycles. The predicted octanol–water partition coefficient (Wildman–Crippen LogP) is 3.11. The molecule has 3 aromatic rings. The van der Waals surface area contributed by atoms with Crippen LogP contribution in [0.4, 0.5) is 0 Å². The van der Waals surface area contributed by atoms with E-state index < -0.39 is 15.4 Å². The average Bonchev–Trinajstić information content (AvgIpc) is 3.58. The number of carbonyl (C=O) groups excluding carboxylic acids is 1. The fraction of sp³-hybridized carbons (Fsp3) is 0.333. The zero-order chi connectivity index (χ0) is 27.3. The number of hydrogen-bond acceptors (Lipinski definition) is 7. The first-order valence-corrected chi connectivity index (χ1v) is 14.8. The molecule has 0 spiro atoms. The van der Waals surface area contributed by atoms with Crippen LogP contribution in [0.3, 0.4) is 0 Å². The third-order valence-electron chi connectivity index (χ3n) is 7.13. The second-order valence-electron chi connectivity index (χ2n) is 9.92. The number of benzene rings is 3. The van der Waals surface area contributed by atoms with Gasteiger partial charge >= 0.3 is 0 Å². The predicted molar refractivity (Wildman–Crippen MR) is 148 cm³/mol. The highest BCUT2D eigenvalue weighted by atomic mass is 32.2. The van der Waals surface area contributed by atoms with Gasteiger partial charge in [-0.1, -0.05) is 42.5 Å². The summed E-state index contributed by atoms with van der Waals surface area (Å²) in [4.78, 5) is 18.7. The number of carbonyl (C=O) groups is 1. The summed E-state index contributed by atoms with van der Waals surface area (Å²) in [6, 6.07) is 23.4. The van der Waals surface area contributed by atoms with Crippen molar-refractivity contribution < 1.29 is 27.8 Å². The van der Waals surface area contributed by atoms with E-state index in [4.69, 9.17) is 19.6 Å². The molecule has 9 heteroatoms. The minimum atomic E-state index is -3.63. The van der Waals surface area contributed by atoms with Gasteiger partial charge in [-0.3, -0.25) is 4.79 Å². The van der Waals surface area contributed by atoms with Gasteiger partial charge in [0.25, 0.3) is 5.91 Å². The second-order valence-corrected chi connectivity index (χ2v) is 12.0. The third-order valence-corrected chi connectivity index (χ3v) is 8.86. The second kappa shape index (κ2) is 11.6. The Labute approximate surface area is 228 Å². The fourth-order valence-electron chi connectivity index (χ4n) is 4.93. The lowest BCUT2D eigenvalue weighted by Gasteiger charge is -2.25. The van der Waals surface area contributed by atoms with E-state index in [-0.39, 0.29) is 42.2 Å². The van der Waals surface area contributed by atoms with Crippen LogP contribution in [0.5, 0.6) is 5.75 Å². The number of fused-ring (bicyclic) bond motifs is 1. The van der Waals surface area contributed by atoms with Crippen molar-refractivity contribution in [3.05, 3.63) is 95.6 Å². The molecule has 0 aromatic heterocycles. The molecule has 1 atom stereocenters. The lowest BCUT2D eigenvalue weighted by Crippen LogP contribution is -2.51. The van der Waals surface area contributed by atoms with Gasteiger partial charge in [0, 0.05) is 24.6 Å². The third kappa shape index (κ3) is 6.15.